The summed E-state index contributed by atoms with van der Waals surface area (Å²) in [6.07, 6.45) is 1.26. The summed E-state index contributed by atoms with van der Waals surface area (Å²) in [6.45, 7) is 10.8. The lowest BCUT2D eigenvalue weighted by Gasteiger charge is -2.36. The van der Waals surface area contributed by atoms with E-state index in [-0.39, 0.29) is 24.0 Å². The van der Waals surface area contributed by atoms with E-state index in [2.05, 4.69) is 57.5 Å². The molecule has 2 unspecified atom stereocenters. The number of benzene rings is 1. The Morgan fingerprint density at radius 1 is 1.21 bits per heavy atom. The van der Waals surface area contributed by atoms with Gasteiger partial charge in [-0.05, 0) is 37.7 Å². The maximum absolute atomic E-state index is 5.18. The molecule has 1 aliphatic carbocycles. The first-order chi connectivity index (χ1) is 13.7. The van der Waals surface area contributed by atoms with Crippen molar-refractivity contribution in [2.75, 3.05) is 39.3 Å². The Morgan fingerprint density at radius 2 is 1.97 bits per heavy atom. The van der Waals surface area contributed by atoms with E-state index in [1.165, 1.54) is 12.0 Å². The monoisotopic (exact) mass is 509 g/mol. The SMILES string of the molecule is CCNC(=NCC1CC1c1ccccc1)N1CCN(Cc2cc(C)on2)CC1.I. The second-order valence-electron chi connectivity index (χ2n) is 7.90. The zero-order valence-corrected chi connectivity index (χ0v) is 19.7. The lowest BCUT2D eigenvalue weighted by atomic mass is 10.1. The number of aryl methyl sites for hydroxylation is 1. The van der Waals surface area contributed by atoms with Crippen LogP contribution in [-0.2, 0) is 6.54 Å². The minimum atomic E-state index is 0. The summed E-state index contributed by atoms with van der Waals surface area (Å²) in [5.74, 6) is 3.32. The van der Waals surface area contributed by atoms with Crippen LogP contribution in [0, 0.1) is 12.8 Å². The lowest BCUT2D eigenvalue weighted by Crippen LogP contribution is -2.52. The molecule has 6 nitrogen and oxygen atoms in total. The van der Waals surface area contributed by atoms with Crippen molar-refractivity contribution in [1.29, 1.82) is 0 Å². The smallest absolute Gasteiger partial charge is 0.194 e. The van der Waals surface area contributed by atoms with Crippen LogP contribution in [0.15, 0.2) is 45.9 Å². The van der Waals surface area contributed by atoms with Gasteiger partial charge in [-0.25, -0.2) is 0 Å². The van der Waals surface area contributed by atoms with Gasteiger partial charge in [-0.2, -0.15) is 0 Å². The number of aliphatic imine (C=N–C) groups is 1. The fourth-order valence-corrected chi connectivity index (χ4v) is 4.03. The average Bonchev–Trinajstić information content (AvgIpc) is 3.39. The molecule has 1 saturated carbocycles. The minimum absolute atomic E-state index is 0. The number of nitrogens with one attached hydrogen (secondary N) is 1. The summed E-state index contributed by atoms with van der Waals surface area (Å²) in [5.41, 5.74) is 2.48. The summed E-state index contributed by atoms with van der Waals surface area (Å²) >= 11 is 0. The van der Waals surface area contributed by atoms with Gasteiger partial charge in [-0.15, -0.1) is 24.0 Å². The van der Waals surface area contributed by atoms with E-state index in [0.717, 1.165) is 63.2 Å². The van der Waals surface area contributed by atoms with Crippen molar-refractivity contribution in [2.45, 2.75) is 32.7 Å². The largest absolute Gasteiger partial charge is 0.361 e. The fourth-order valence-electron chi connectivity index (χ4n) is 4.03. The first-order valence-electron chi connectivity index (χ1n) is 10.5. The van der Waals surface area contributed by atoms with Gasteiger partial charge in [0.15, 0.2) is 5.96 Å². The summed E-state index contributed by atoms with van der Waals surface area (Å²) in [5, 5.41) is 7.60. The predicted octanol–water partition coefficient (Wildman–Crippen LogP) is 3.49. The quantitative estimate of drug-likeness (QED) is 0.367. The molecule has 2 aliphatic rings. The number of rotatable bonds is 6. The third-order valence-electron chi connectivity index (χ3n) is 5.69. The molecule has 2 fully saturated rings. The molecule has 0 radical (unpaired) electrons. The van der Waals surface area contributed by atoms with Crippen LogP contribution in [0.1, 0.15) is 36.3 Å². The van der Waals surface area contributed by atoms with Crippen LogP contribution in [0.5, 0.6) is 0 Å². The van der Waals surface area contributed by atoms with Gasteiger partial charge < -0.3 is 14.7 Å². The molecule has 0 spiro atoms. The van der Waals surface area contributed by atoms with E-state index >= 15 is 0 Å². The molecular weight excluding hydrogens is 477 g/mol. The van der Waals surface area contributed by atoms with Crippen LogP contribution in [0.3, 0.4) is 0 Å². The Bertz CT molecular complexity index is 786. The topological polar surface area (TPSA) is 56.9 Å². The van der Waals surface area contributed by atoms with Gasteiger partial charge in [-0.3, -0.25) is 9.89 Å². The molecule has 0 amide bonds. The number of hydrogen-bond acceptors (Lipinski definition) is 4. The van der Waals surface area contributed by atoms with Crippen molar-refractivity contribution in [1.82, 2.24) is 20.3 Å². The molecule has 158 valence electrons. The normalized spacial score (nSPS) is 22.3. The Kier molecular flexibility index (Phi) is 7.94. The number of piperazine rings is 1. The summed E-state index contributed by atoms with van der Waals surface area (Å²) in [4.78, 5) is 9.80. The number of aromatic nitrogens is 1. The first-order valence-corrected chi connectivity index (χ1v) is 10.5. The van der Waals surface area contributed by atoms with Gasteiger partial charge in [-0.1, -0.05) is 35.5 Å². The molecule has 7 heteroatoms. The second-order valence-corrected chi connectivity index (χ2v) is 7.90. The summed E-state index contributed by atoms with van der Waals surface area (Å²) in [6, 6.07) is 12.9. The Labute approximate surface area is 190 Å². The molecule has 4 rings (SSSR count). The maximum atomic E-state index is 5.18. The molecule has 0 bridgehead atoms. The van der Waals surface area contributed by atoms with Crippen molar-refractivity contribution < 1.29 is 4.52 Å². The van der Waals surface area contributed by atoms with Crippen LogP contribution < -0.4 is 5.32 Å². The second kappa shape index (κ2) is 10.4. The van der Waals surface area contributed by atoms with Gasteiger partial charge in [0.25, 0.3) is 0 Å². The van der Waals surface area contributed by atoms with Crippen molar-refractivity contribution in [2.24, 2.45) is 10.9 Å². The highest BCUT2D eigenvalue weighted by Crippen LogP contribution is 2.47. The van der Waals surface area contributed by atoms with E-state index in [9.17, 15) is 0 Å². The third-order valence-corrected chi connectivity index (χ3v) is 5.69. The first kappa shape index (κ1) is 22.1. The van der Waals surface area contributed by atoms with Gasteiger partial charge in [0, 0.05) is 51.9 Å². The van der Waals surface area contributed by atoms with E-state index in [1.807, 2.05) is 13.0 Å². The van der Waals surface area contributed by atoms with Crippen molar-refractivity contribution in [3.63, 3.8) is 0 Å². The van der Waals surface area contributed by atoms with Crippen molar-refractivity contribution >= 4 is 29.9 Å². The highest BCUT2D eigenvalue weighted by Gasteiger charge is 2.38. The standard InChI is InChI=1S/C22H31N5O.HI/c1-3-23-22(24-15-19-14-21(19)18-7-5-4-6-8-18)27-11-9-26(10-12-27)16-20-13-17(2)28-25-20;/h4-8,13,19,21H,3,9-12,14-16H2,1-2H3,(H,23,24);1H. The molecule has 1 aliphatic heterocycles. The predicted molar refractivity (Wildman–Crippen MR) is 127 cm³/mol. The lowest BCUT2D eigenvalue weighted by molar-refractivity contribution is 0.169. The molecule has 1 saturated heterocycles. The van der Waals surface area contributed by atoms with E-state index in [1.54, 1.807) is 0 Å². The summed E-state index contributed by atoms with van der Waals surface area (Å²) in [7, 11) is 0. The molecule has 29 heavy (non-hydrogen) atoms. The summed E-state index contributed by atoms with van der Waals surface area (Å²) < 4.78 is 5.18. The van der Waals surface area contributed by atoms with E-state index < -0.39 is 0 Å². The molecule has 2 atom stereocenters. The van der Waals surface area contributed by atoms with Crippen LogP contribution in [0.25, 0.3) is 0 Å². The third kappa shape index (κ3) is 5.94. The number of halogens is 1. The molecule has 1 aromatic heterocycles. The zero-order chi connectivity index (χ0) is 19.3. The number of hydrogen-bond donors (Lipinski definition) is 1. The van der Waals surface area contributed by atoms with Crippen LogP contribution in [0.4, 0.5) is 0 Å². The molecule has 1 N–H and O–H groups in total. The van der Waals surface area contributed by atoms with E-state index in [4.69, 9.17) is 9.52 Å². The van der Waals surface area contributed by atoms with Gasteiger partial charge in [0.05, 0.1) is 5.69 Å². The zero-order valence-electron chi connectivity index (χ0n) is 17.4. The fraction of sp³-hybridized carbons (Fsp3) is 0.545. The van der Waals surface area contributed by atoms with Gasteiger partial charge >= 0.3 is 0 Å². The van der Waals surface area contributed by atoms with Crippen LogP contribution in [-0.4, -0.2) is 60.2 Å². The molecular formula is C22H32IN5O. The van der Waals surface area contributed by atoms with Crippen molar-refractivity contribution in [3.8, 4) is 0 Å². The highest BCUT2D eigenvalue weighted by atomic mass is 127. The van der Waals surface area contributed by atoms with Crippen LogP contribution in [0.2, 0.25) is 0 Å². The minimum Gasteiger partial charge on any atom is -0.361 e. The number of guanidine groups is 1. The Balaban J connectivity index is 0.00000240. The van der Waals surface area contributed by atoms with E-state index in [0.29, 0.717) is 11.8 Å². The van der Waals surface area contributed by atoms with Gasteiger partial charge in [0.1, 0.15) is 5.76 Å². The molecule has 1 aromatic carbocycles. The average molecular weight is 509 g/mol. The highest BCUT2D eigenvalue weighted by molar-refractivity contribution is 14.0. The van der Waals surface area contributed by atoms with Gasteiger partial charge in [0.2, 0.25) is 0 Å². The maximum Gasteiger partial charge on any atom is 0.194 e. The number of nitrogens with zero attached hydrogens (tertiary/aromatic N) is 4. The van der Waals surface area contributed by atoms with Crippen LogP contribution >= 0.6 is 24.0 Å². The molecule has 2 heterocycles. The Hall–Kier alpha value is -1.61. The Morgan fingerprint density at radius 3 is 2.62 bits per heavy atom. The van der Waals surface area contributed by atoms with Crippen molar-refractivity contribution in [3.05, 3.63) is 53.4 Å². The molecule has 2 aromatic rings.